The van der Waals surface area contributed by atoms with Crippen molar-refractivity contribution < 1.29 is 32.3 Å². The number of hydrogen-bond acceptors (Lipinski definition) is 9. The van der Waals surface area contributed by atoms with Gasteiger partial charge in [-0.05, 0) is 36.8 Å². The standard InChI is InChI=1S/C27H27F3N8O4/c1-16-22(18-13-32-27(33-14-18)41-25(29)30)36-38(19-6-4-3-5-7-19)24(16)35-26(39)34-20-15-37(10-11-40-2)42-23(20)17-8-9-31-21(28)12-17/h3-9,12-14,20,23,25H,10-11,15H2,1-2H3,(H2,34,35,39)/t20-,23+/m1/s1. The Kier molecular flexibility index (Phi) is 8.90. The number of rotatable bonds is 10. The van der Waals surface area contributed by atoms with Crippen molar-refractivity contribution in [2.75, 3.05) is 32.1 Å². The number of hydrogen-bond donors (Lipinski definition) is 2. The van der Waals surface area contributed by atoms with E-state index < -0.39 is 36.7 Å². The van der Waals surface area contributed by atoms with Crippen LogP contribution in [-0.4, -0.2) is 75.3 Å². The van der Waals surface area contributed by atoms with Crippen LogP contribution < -0.4 is 15.4 Å². The number of nitrogens with zero attached hydrogens (tertiary/aromatic N) is 6. The number of pyridine rings is 1. The summed E-state index contributed by atoms with van der Waals surface area (Å²) in [4.78, 5) is 30.7. The molecule has 1 aromatic carbocycles. The minimum Gasteiger partial charge on any atom is -0.401 e. The number of nitrogens with one attached hydrogen (secondary N) is 2. The maximum Gasteiger partial charge on any atom is 0.389 e. The van der Waals surface area contributed by atoms with Crippen molar-refractivity contribution in [2.45, 2.75) is 25.7 Å². The number of methoxy groups -OCH3 is 1. The van der Waals surface area contributed by atoms with Gasteiger partial charge in [0.15, 0.2) is 0 Å². The number of para-hydroxylation sites is 1. The highest BCUT2D eigenvalue weighted by molar-refractivity contribution is 5.91. The lowest BCUT2D eigenvalue weighted by atomic mass is 10.0. The molecule has 1 fully saturated rings. The number of benzene rings is 1. The molecule has 3 aromatic heterocycles. The lowest BCUT2D eigenvalue weighted by Crippen LogP contribution is -2.42. The van der Waals surface area contributed by atoms with Gasteiger partial charge in [0.1, 0.15) is 17.6 Å². The number of carbonyl (C=O) groups excluding carboxylic acids is 1. The quantitative estimate of drug-likeness (QED) is 0.267. The van der Waals surface area contributed by atoms with E-state index in [9.17, 15) is 18.0 Å². The summed E-state index contributed by atoms with van der Waals surface area (Å²) in [6.07, 6.45) is 3.28. The zero-order chi connectivity index (χ0) is 29.6. The largest absolute Gasteiger partial charge is 0.401 e. The van der Waals surface area contributed by atoms with E-state index in [2.05, 4.69) is 35.4 Å². The van der Waals surface area contributed by atoms with Crippen LogP contribution in [0.25, 0.3) is 16.9 Å². The van der Waals surface area contributed by atoms with Crippen LogP contribution >= 0.6 is 0 Å². The summed E-state index contributed by atoms with van der Waals surface area (Å²) >= 11 is 0. The highest BCUT2D eigenvalue weighted by Gasteiger charge is 2.37. The molecule has 5 rings (SSSR count). The number of urea groups is 1. The van der Waals surface area contributed by atoms with E-state index in [0.29, 0.717) is 53.6 Å². The second-order valence-corrected chi connectivity index (χ2v) is 9.23. The van der Waals surface area contributed by atoms with E-state index in [0.717, 1.165) is 0 Å². The van der Waals surface area contributed by atoms with E-state index in [1.165, 1.54) is 24.7 Å². The van der Waals surface area contributed by atoms with Crippen molar-refractivity contribution in [3.8, 4) is 23.0 Å². The van der Waals surface area contributed by atoms with Crippen molar-refractivity contribution in [1.82, 2.24) is 35.1 Å². The summed E-state index contributed by atoms with van der Waals surface area (Å²) < 4.78 is 49.9. The first-order chi connectivity index (χ1) is 20.3. The molecule has 0 spiro atoms. The molecule has 4 aromatic rings. The molecule has 0 aliphatic carbocycles. The maximum atomic E-state index is 13.9. The molecule has 2 atom stereocenters. The molecule has 1 aliphatic rings. The molecule has 12 nitrogen and oxygen atoms in total. The van der Waals surface area contributed by atoms with E-state index in [1.807, 2.05) is 30.3 Å². The third-order valence-electron chi connectivity index (χ3n) is 6.42. The molecule has 1 aliphatic heterocycles. The lowest BCUT2D eigenvalue weighted by molar-refractivity contribution is -0.154. The van der Waals surface area contributed by atoms with Gasteiger partial charge in [-0.2, -0.15) is 23.3 Å². The van der Waals surface area contributed by atoms with Gasteiger partial charge in [0.25, 0.3) is 0 Å². The average molecular weight is 585 g/mol. The molecular weight excluding hydrogens is 557 g/mol. The summed E-state index contributed by atoms with van der Waals surface area (Å²) in [6.45, 7) is -0.161. The first-order valence-electron chi connectivity index (χ1n) is 12.8. The molecule has 0 saturated carbocycles. The maximum absolute atomic E-state index is 13.9. The van der Waals surface area contributed by atoms with Crippen molar-refractivity contribution in [3.63, 3.8) is 0 Å². The van der Waals surface area contributed by atoms with E-state index in [-0.39, 0.29) is 0 Å². The van der Waals surface area contributed by atoms with E-state index >= 15 is 0 Å². The van der Waals surface area contributed by atoms with Gasteiger partial charge in [-0.3, -0.25) is 10.2 Å². The number of amides is 2. The summed E-state index contributed by atoms with van der Waals surface area (Å²) in [7, 11) is 1.57. The summed E-state index contributed by atoms with van der Waals surface area (Å²) in [5.41, 5.74) is 2.57. The highest BCUT2D eigenvalue weighted by Crippen LogP contribution is 2.32. The lowest BCUT2D eigenvalue weighted by Gasteiger charge is -2.19. The second kappa shape index (κ2) is 12.9. The van der Waals surface area contributed by atoms with Crippen molar-refractivity contribution >= 4 is 11.8 Å². The average Bonchev–Trinajstić information content (AvgIpc) is 3.53. The molecule has 15 heteroatoms. The Bertz CT molecular complexity index is 1510. The molecule has 0 bridgehead atoms. The Morgan fingerprint density at radius 2 is 1.93 bits per heavy atom. The fourth-order valence-corrected chi connectivity index (χ4v) is 4.50. The van der Waals surface area contributed by atoms with Gasteiger partial charge >= 0.3 is 18.7 Å². The zero-order valence-electron chi connectivity index (χ0n) is 22.6. The third kappa shape index (κ3) is 6.64. The van der Waals surface area contributed by atoms with E-state index in [4.69, 9.17) is 9.57 Å². The smallest absolute Gasteiger partial charge is 0.389 e. The van der Waals surface area contributed by atoms with Crippen LogP contribution in [0.3, 0.4) is 0 Å². The monoisotopic (exact) mass is 584 g/mol. The van der Waals surface area contributed by atoms with Crippen LogP contribution in [0.2, 0.25) is 0 Å². The van der Waals surface area contributed by atoms with Gasteiger partial charge in [-0.15, -0.1) is 0 Å². The Morgan fingerprint density at radius 1 is 1.17 bits per heavy atom. The van der Waals surface area contributed by atoms with Gasteiger partial charge in [0.05, 0.1) is 18.3 Å². The molecule has 2 amide bonds. The Labute approximate surface area is 238 Å². The van der Waals surface area contributed by atoms with Crippen LogP contribution in [-0.2, 0) is 9.57 Å². The Hall–Kier alpha value is -4.60. The molecule has 2 N–H and O–H groups in total. The predicted octanol–water partition coefficient (Wildman–Crippen LogP) is 3.90. The number of aromatic nitrogens is 5. The fourth-order valence-electron chi connectivity index (χ4n) is 4.50. The normalized spacial score (nSPS) is 17.0. The van der Waals surface area contributed by atoms with Crippen LogP contribution in [0.1, 0.15) is 17.2 Å². The van der Waals surface area contributed by atoms with E-state index in [1.54, 1.807) is 29.8 Å². The fraction of sp³-hybridized carbons (Fsp3) is 0.296. The van der Waals surface area contributed by atoms with Crippen molar-refractivity contribution in [2.24, 2.45) is 0 Å². The summed E-state index contributed by atoms with van der Waals surface area (Å²) in [5.74, 6) is -0.314. The number of anilines is 1. The summed E-state index contributed by atoms with van der Waals surface area (Å²) in [5, 5.41) is 12.1. The number of alkyl halides is 2. The van der Waals surface area contributed by atoms with Gasteiger partial charge in [-0.1, -0.05) is 18.2 Å². The Morgan fingerprint density at radius 3 is 2.62 bits per heavy atom. The predicted molar refractivity (Wildman–Crippen MR) is 143 cm³/mol. The number of carbonyl (C=O) groups is 1. The number of halogens is 3. The van der Waals surface area contributed by atoms with Gasteiger partial charge in [-0.25, -0.2) is 24.4 Å². The van der Waals surface area contributed by atoms with Crippen molar-refractivity contribution in [1.29, 1.82) is 0 Å². The molecule has 4 heterocycles. The second-order valence-electron chi connectivity index (χ2n) is 9.23. The highest BCUT2D eigenvalue weighted by atomic mass is 19.3. The molecule has 0 radical (unpaired) electrons. The number of ether oxygens (including phenoxy) is 2. The van der Waals surface area contributed by atoms with Crippen LogP contribution in [0.5, 0.6) is 6.01 Å². The minimum atomic E-state index is -3.06. The first-order valence-corrected chi connectivity index (χ1v) is 12.8. The van der Waals surface area contributed by atoms with Crippen LogP contribution in [0.4, 0.5) is 23.8 Å². The molecule has 1 saturated heterocycles. The molecular formula is C27H27F3N8O4. The molecule has 0 unspecified atom stereocenters. The van der Waals surface area contributed by atoms with Gasteiger partial charge in [0, 0.05) is 49.9 Å². The van der Waals surface area contributed by atoms with Crippen LogP contribution in [0.15, 0.2) is 61.1 Å². The third-order valence-corrected chi connectivity index (χ3v) is 6.42. The van der Waals surface area contributed by atoms with Gasteiger partial charge in [0.2, 0.25) is 5.95 Å². The first kappa shape index (κ1) is 28.9. The minimum absolute atomic E-state index is 0.317. The number of hydroxylamine groups is 2. The van der Waals surface area contributed by atoms with Gasteiger partial charge < -0.3 is 14.8 Å². The van der Waals surface area contributed by atoms with Crippen LogP contribution in [0, 0.1) is 12.9 Å². The Balaban J connectivity index is 1.41. The topological polar surface area (TPSA) is 129 Å². The molecule has 42 heavy (non-hydrogen) atoms. The molecule has 220 valence electrons. The zero-order valence-corrected chi connectivity index (χ0v) is 22.6. The SMILES string of the molecule is COCCN1C[C@@H](NC(=O)Nc2c(C)c(-c3cnc(OC(F)F)nc3)nn2-c2ccccc2)[C@H](c2ccnc(F)c2)O1. The summed E-state index contributed by atoms with van der Waals surface area (Å²) in [6, 6.07) is 10.4. The van der Waals surface area contributed by atoms with Crippen molar-refractivity contribution in [3.05, 3.63) is 78.1 Å².